The van der Waals surface area contributed by atoms with E-state index in [1.165, 1.54) is 4.88 Å². The van der Waals surface area contributed by atoms with E-state index in [1.807, 2.05) is 11.4 Å². The molecule has 1 aromatic heterocycles. The summed E-state index contributed by atoms with van der Waals surface area (Å²) in [4.78, 5) is 11.7. The summed E-state index contributed by atoms with van der Waals surface area (Å²) >= 11 is 1.69. The molecule has 0 aliphatic heterocycles. The van der Waals surface area contributed by atoms with E-state index in [-0.39, 0.29) is 6.54 Å². The van der Waals surface area contributed by atoms with Crippen LogP contribution in [0.25, 0.3) is 0 Å². The number of thiophene rings is 1. The van der Waals surface area contributed by atoms with Gasteiger partial charge in [0.15, 0.2) is 0 Å². The average Bonchev–Trinajstić information content (AvgIpc) is 2.64. The second-order valence-electron chi connectivity index (χ2n) is 2.95. The molecule has 0 aliphatic carbocycles. The van der Waals surface area contributed by atoms with Gasteiger partial charge in [0.2, 0.25) is 5.91 Å². The zero-order valence-corrected chi connectivity index (χ0v) is 8.59. The Morgan fingerprint density at radius 1 is 1.71 bits per heavy atom. The summed E-state index contributed by atoms with van der Waals surface area (Å²) in [6.45, 7) is 0.964. The molecule has 0 aliphatic rings. The van der Waals surface area contributed by atoms with Crippen LogP contribution in [0.15, 0.2) is 17.5 Å². The predicted octanol–water partition coefficient (Wildman–Crippen LogP) is -0.274. The normalized spacial score (nSPS) is 12.6. The van der Waals surface area contributed by atoms with Gasteiger partial charge in [-0.05, 0) is 17.9 Å². The first-order chi connectivity index (χ1) is 6.70. The molecule has 0 spiro atoms. The molecular formula is C9H14N2O2S. The number of aliphatic hydroxyl groups is 1. The maximum atomic E-state index is 10.5. The van der Waals surface area contributed by atoms with Crippen LogP contribution >= 0.6 is 11.3 Å². The molecule has 14 heavy (non-hydrogen) atoms. The highest BCUT2D eigenvalue weighted by Crippen LogP contribution is 2.07. The van der Waals surface area contributed by atoms with Crippen LogP contribution in [0.5, 0.6) is 0 Å². The van der Waals surface area contributed by atoms with E-state index in [0.29, 0.717) is 0 Å². The molecule has 1 aromatic rings. The quantitative estimate of drug-likeness (QED) is 0.570. The number of hydrogen-bond acceptors (Lipinski definition) is 4. The van der Waals surface area contributed by atoms with Gasteiger partial charge in [0, 0.05) is 18.0 Å². The predicted molar refractivity (Wildman–Crippen MR) is 56.1 cm³/mol. The Morgan fingerprint density at radius 3 is 3.07 bits per heavy atom. The molecule has 1 heterocycles. The van der Waals surface area contributed by atoms with Crippen molar-refractivity contribution in [2.75, 3.05) is 13.1 Å². The summed E-state index contributed by atoms with van der Waals surface area (Å²) in [6.07, 6.45) is -0.179. The van der Waals surface area contributed by atoms with Crippen molar-refractivity contribution in [3.05, 3.63) is 22.4 Å². The van der Waals surface area contributed by atoms with Gasteiger partial charge >= 0.3 is 0 Å². The summed E-state index contributed by atoms with van der Waals surface area (Å²) in [5, 5.41) is 14.0. The second-order valence-corrected chi connectivity index (χ2v) is 3.98. The van der Waals surface area contributed by atoms with E-state index >= 15 is 0 Å². The summed E-state index contributed by atoms with van der Waals surface area (Å²) in [6, 6.07) is 4.05. The molecule has 1 rings (SSSR count). The lowest BCUT2D eigenvalue weighted by Crippen LogP contribution is -2.38. The molecule has 0 saturated carbocycles. The van der Waals surface area contributed by atoms with Crippen LogP contribution in [0.4, 0.5) is 0 Å². The Morgan fingerprint density at radius 2 is 2.50 bits per heavy atom. The molecular weight excluding hydrogens is 200 g/mol. The topological polar surface area (TPSA) is 75.4 Å². The van der Waals surface area contributed by atoms with Crippen LogP contribution in [0.3, 0.4) is 0 Å². The van der Waals surface area contributed by atoms with Gasteiger partial charge < -0.3 is 16.2 Å². The highest BCUT2D eigenvalue weighted by molar-refractivity contribution is 7.09. The van der Waals surface area contributed by atoms with Gasteiger partial charge in [-0.25, -0.2) is 0 Å². The molecule has 0 bridgehead atoms. The Labute approximate surface area is 86.7 Å². The summed E-state index contributed by atoms with van der Waals surface area (Å²) in [5.74, 6) is -0.686. The van der Waals surface area contributed by atoms with Gasteiger partial charge in [0.25, 0.3) is 0 Å². The fraction of sp³-hybridized carbons (Fsp3) is 0.444. The third-order valence-electron chi connectivity index (χ3n) is 1.79. The van der Waals surface area contributed by atoms with Crippen molar-refractivity contribution in [2.24, 2.45) is 5.73 Å². The first-order valence-corrected chi connectivity index (χ1v) is 5.28. The minimum absolute atomic E-state index is 0.223. The van der Waals surface area contributed by atoms with Gasteiger partial charge in [0.05, 0.1) is 0 Å². The number of primary amides is 1. The number of aliphatic hydroxyl groups excluding tert-OH is 1. The monoisotopic (exact) mass is 214 g/mol. The van der Waals surface area contributed by atoms with E-state index in [9.17, 15) is 4.79 Å². The van der Waals surface area contributed by atoms with Gasteiger partial charge in [-0.15, -0.1) is 11.3 Å². The average molecular weight is 214 g/mol. The Kier molecular flexibility index (Phi) is 4.58. The fourth-order valence-corrected chi connectivity index (χ4v) is 1.71. The highest BCUT2D eigenvalue weighted by Gasteiger charge is 2.08. The number of carbonyl (C=O) groups is 1. The van der Waals surface area contributed by atoms with Crippen molar-refractivity contribution in [1.82, 2.24) is 5.32 Å². The summed E-state index contributed by atoms with van der Waals surface area (Å²) in [7, 11) is 0. The number of rotatable bonds is 6. The maximum Gasteiger partial charge on any atom is 0.247 e. The van der Waals surface area contributed by atoms with Crippen LogP contribution < -0.4 is 11.1 Å². The minimum Gasteiger partial charge on any atom is -0.382 e. The van der Waals surface area contributed by atoms with Gasteiger partial charge in [-0.1, -0.05) is 6.07 Å². The van der Waals surface area contributed by atoms with Crippen molar-refractivity contribution in [3.63, 3.8) is 0 Å². The highest BCUT2D eigenvalue weighted by atomic mass is 32.1. The Balaban J connectivity index is 2.08. The lowest BCUT2D eigenvalue weighted by Gasteiger charge is -2.07. The third-order valence-corrected chi connectivity index (χ3v) is 2.73. The molecule has 4 nitrogen and oxygen atoms in total. The van der Waals surface area contributed by atoms with E-state index in [4.69, 9.17) is 10.8 Å². The number of nitrogens with two attached hydrogens (primary N) is 1. The number of carbonyl (C=O) groups excluding carboxylic acids is 1. The zero-order valence-electron chi connectivity index (χ0n) is 7.77. The van der Waals surface area contributed by atoms with E-state index in [0.717, 1.165) is 13.0 Å². The van der Waals surface area contributed by atoms with E-state index in [1.54, 1.807) is 11.3 Å². The molecule has 0 saturated heterocycles. The molecule has 0 aromatic carbocycles. The molecule has 1 unspecified atom stereocenters. The van der Waals surface area contributed by atoms with Gasteiger partial charge in [0.1, 0.15) is 6.10 Å². The second kappa shape index (κ2) is 5.74. The summed E-state index contributed by atoms with van der Waals surface area (Å²) < 4.78 is 0. The fourth-order valence-electron chi connectivity index (χ4n) is 1.01. The first kappa shape index (κ1) is 11.2. The molecule has 5 heteroatoms. The smallest absolute Gasteiger partial charge is 0.247 e. The zero-order chi connectivity index (χ0) is 10.4. The number of hydrogen-bond donors (Lipinski definition) is 3. The Hall–Kier alpha value is -0.910. The number of nitrogens with one attached hydrogen (secondary N) is 1. The lowest BCUT2D eigenvalue weighted by molar-refractivity contribution is -0.125. The van der Waals surface area contributed by atoms with Crippen LogP contribution in [-0.2, 0) is 11.2 Å². The van der Waals surface area contributed by atoms with Crippen LogP contribution in [0.1, 0.15) is 4.88 Å². The Bertz CT molecular complexity index is 274. The van der Waals surface area contributed by atoms with E-state index < -0.39 is 12.0 Å². The van der Waals surface area contributed by atoms with Crippen LogP contribution in [0.2, 0.25) is 0 Å². The molecule has 1 amide bonds. The number of amides is 1. The molecule has 0 radical (unpaired) electrons. The largest absolute Gasteiger partial charge is 0.382 e. The van der Waals surface area contributed by atoms with Gasteiger partial charge in [-0.3, -0.25) is 4.79 Å². The lowest BCUT2D eigenvalue weighted by atomic mass is 10.3. The van der Waals surface area contributed by atoms with Crippen molar-refractivity contribution in [3.8, 4) is 0 Å². The van der Waals surface area contributed by atoms with Crippen LogP contribution in [0, 0.1) is 0 Å². The maximum absolute atomic E-state index is 10.5. The van der Waals surface area contributed by atoms with E-state index in [2.05, 4.69) is 11.4 Å². The first-order valence-electron chi connectivity index (χ1n) is 4.40. The molecule has 0 fully saturated rings. The van der Waals surface area contributed by atoms with Crippen LogP contribution in [-0.4, -0.2) is 30.2 Å². The SMILES string of the molecule is NC(=O)C(O)CNCCc1cccs1. The molecule has 78 valence electrons. The third kappa shape index (κ3) is 3.87. The van der Waals surface area contributed by atoms with Crippen molar-refractivity contribution in [1.29, 1.82) is 0 Å². The standard InChI is InChI=1S/C9H14N2O2S/c10-9(13)8(12)6-11-4-3-7-2-1-5-14-7/h1-2,5,8,11-12H,3-4,6H2,(H2,10,13). The minimum atomic E-state index is -1.08. The van der Waals surface area contributed by atoms with Crippen molar-refractivity contribution in [2.45, 2.75) is 12.5 Å². The van der Waals surface area contributed by atoms with Crippen molar-refractivity contribution >= 4 is 17.2 Å². The van der Waals surface area contributed by atoms with Gasteiger partial charge in [-0.2, -0.15) is 0 Å². The van der Waals surface area contributed by atoms with Crippen molar-refractivity contribution < 1.29 is 9.90 Å². The molecule has 4 N–H and O–H groups in total. The summed E-state index contributed by atoms with van der Waals surface area (Å²) in [5.41, 5.74) is 4.89. The molecule has 1 atom stereocenters.